The zero-order valence-corrected chi connectivity index (χ0v) is 17.0. The first-order valence-electron chi connectivity index (χ1n) is 8.93. The number of hydrogen-bond acceptors (Lipinski definition) is 3. The molecule has 2 atom stereocenters. The molecule has 7 heteroatoms. The van der Waals surface area contributed by atoms with E-state index in [9.17, 15) is 14.0 Å². The van der Waals surface area contributed by atoms with Crippen molar-refractivity contribution < 1.29 is 14.0 Å². The maximum atomic E-state index is 14.1. The SMILES string of the molecule is C=CC(=O)N(C)CC(=O)N[C@@H]1CCN(C(C)(C)C)[C@H]1c1ccc(Cl)c(F)c1. The minimum absolute atomic E-state index is 0.0570. The van der Waals surface area contributed by atoms with Crippen molar-refractivity contribution in [3.8, 4) is 0 Å². The molecule has 148 valence electrons. The van der Waals surface area contributed by atoms with Gasteiger partial charge in [-0.15, -0.1) is 0 Å². The molecule has 27 heavy (non-hydrogen) atoms. The fourth-order valence-corrected chi connectivity index (χ4v) is 3.62. The summed E-state index contributed by atoms with van der Waals surface area (Å²) in [5, 5.41) is 3.08. The lowest BCUT2D eigenvalue weighted by Crippen LogP contribution is -2.47. The Hall–Kier alpha value is -1.92. The van der Waals surface area contributed by atoms with Gasteiger partial charge in [-0.1, -0.05) is 24.2 Å². The normalized spacial score (nSPS) is 20.4. The van der Waals surface area contributed by atoms with Crippen molar-refractivity contribution in [3.05, 3.63) is 47.3 Å². The van der Waals surface area contributed by atoms with Gasteiger partial charge < -0.3 is 10.2 Å². The summed E-state index contributed by atoms with van der Waals surface area (Å²) < 4.78 is 14.1. The third-order valence-electron chi connectivity index (χ3n) is 4.82. The lowest BCUT2D eigenvalue weighted by atomic mass is 9.96. The minimum atomic E-state index is -0.476. The van der Waals surface area contributed by atoms with Crippen molar-refractivity contribution in [3.63, 3.8) is 0 Å². The first kappa shape index (κ1) is 21.4. The van der Waals surface area contributed by atoms with E-state index in [1.807, 2.05) is 0 Å². The number of hydrogen-bond donors (Lipinski definition) is 1. The molecule has 2 rings (SSSR count). The van der Waals surface area contributed by atoms with Gasteiger partial charge in [0.25, 0.3) is 0 Å². The Morgan fingerprint density at radius 3 is 2.67 bits per heavy atom. The summed E-state index contributed by atoms with van der Waals surface area (Å²) >= 11 is 5.83. The summed E-state index contributed by atoms with van der Waals surface area (Å²) in [6.45, 7) is 10.4. The Labute approximate surface area is 165 Å². The van der Waals surface area contributed by atoms with Gasteiger partial charge in [-0.25, -0.2) is 4.39 Å². The van der Waals surface area contributed by atoms with E-state index in [-0.39, 0.29) is 41.0 Å². The second-order valence-corrected chi connectivity index (χ2v) is 8.25. The molecule has 0 aliphatic carbocycles. The number of carbonyl (C=O) groups excluding carboxylic acids is 2. The number of nitrogens with one attached hydrogen (secondary N) is 1. The number of likely N-dealkylation sites (N-methyl/N-ethyl adjacent to an activating group) is 1. The van der Waals surface area contributed by atoms with Crippen molar-refractivity contribution in [2.75, 3.05) is 20.1 Å². The minimum Gasteiger partial charge on any atom is -0.350 e. The van der Waals surface area contributed by atoms with E-state index in [0.717, 1.165) is 18.5 Å². The second kappa shape index (κ2) is 8.40. The van der Waals surface area contributed by atoms with Gasteiger partial charge in [-0.3, -0.25) is 14.5 Å². The van der Waals surface area contributed by atoms with Crippen LogP contribution in [0.25, 0.3) is 0 Å². The van der Waals surface area contributed by atoms with Gasteiger partial charge >= 0.3 is 0 Å². The molecular weight excluding hydrogens is 369 g/mol. The molecule has 0 spiro atoms. The van der Waals surface area contributed by atoms with Crippen LogP contribution in [0.5, 0.6) is 0 Å². The third-order valence-corrected chi connectivity index (χ3v) is 5.13. The quantitative estimate of drug-likeness (QED) is 0.779. The van der Waals surface area contributed by atoms with E-state index in [4.69, 9.17) is 11.6 Å². The Morgan fingerprint density at radius 1 is 1.44 bits per heavy atom. The molecule has 1 heterocycles. The van der Waals surface area contributed by atoms with Crippen LogP contribution in [-0.4, -0.2) is 53.3 Å². The molecular formula is C20H27ClFN3O2. The molecule has 1 N–H and O–H groups in total. The average Bonchev–Trinajstić information content (AvgIpc) is 3.00. The van der Waals surface area contributed by atoms with E-state index >= 15 is 0 Å². The first-order chi connectivity index (χ1) is 12.5. The van der Waals surface area contributed by atoms with Gasteiger partial charge in [-0.2, -0.15) is 0 Å². The summed E-state index contributed by atoms with van der Waals surface area (Å²) in [4.78, 5) is 27.6. The first-order valence-corrected chi connectivity index (χ1v) is 9.31. The Morgan fingerprint density at radius 2 is 2.11 bits per heavy atom. The van der Waals surface area contributed by atoms with Crippen LogP contribution in [0.3, 0.4) is 0 Å². The number of amides is 2. The molecule has 1 aromatic rings. The lowest BCUT2D eigenvalue weighted by molar-refractivity contribution is -0.131. The predicted octanol–water partition coefficient (Wildman–Crippen LogP) is 3.15. The van der Waals surface area contributed by atoms with Crippen molar-refractivity contribution in [2.24, 2.45) is 0 Å². The topological polar surface area (TPSA) is 52.7 Å². The van der Waals surface area contributed by atoms with Crippen LogP contribution in [0.1, 0.15) is 38.8 Å². The molecule has 1 fully saturated rings. The van der Waals surface area contributed by atoms with Crippen molar-refractivity contribution in [1.29, 1.82) is 0 Å². The van der Waals surface area contributed by atoms with Crippen LogP contribution >= 0.6 is 11.6 Å². The molecule has 0 unspecified atom stereocenters. The number of rotatable bonds is 5. The van der Waals surface area contributed by atoms with Crippen LogP contribution in [0.2, 0.25) is 5.02 Å². The number of benzene rings is 1. The molecule has 1 aliphatic heterocycles. The zero-order chi connectivity index (χ0) is 20.4. The van der Waals surface area contributed by atoms with Crippen molar-refractivity contribution >= 4 is 23.4 Å². The number of likely N-dealkylation sites (tertiary alicyclic amines) is 1. The highest BCUT2D eigenvalue weighted by molar-refractivity contribution is 6.30. The maximum absolute atomic E-state index is 14.1. The maximum Gasteiger partial charge on any atom is 0.246 e. The molecule has 5 nitrogen and oxygen atoms in total. The Balaban J connectivity index is 2.23. The van der Waals surface area contributed by atoms with E-state index in [1.165, 1.54) is 17.0 Å². The van der Waals surface area contributed by atoms with Gasteiger partial charge in [0.05, 0.1) is 17.6 Å². The highest BCUT2D eigenvalue weighted by Crippen LogP contribution is 2.38. The fourth-order valence-electron chi connectivity index (χ4n) is 3.51. The van der Waals surface area contributed by atoms with Crippen LogP contribution in [0.15, 0.2) is 30.9 Å². The van der Waals surface area contributed by atoms with E-state index < -0.39 is 5.82 Å². The predicted molar refractivity (Wildman–Crippen MR) is 105 cm³/mol. The summed E-state index contributed by atoms with van der Waals surface area (Å²) in [6, 6.07) is 4.41. The van der Waals surface area contributed by atoms with Gasteiger partial charge in [0, 0.05) is 25.2 Å². The highest BCUT2D eigenvalue weighted by atomic mass is 35.5. The Bertz CT molecular complexity index is 732. The van der Waals surface area contributed by atoms with Crippen LogP contribution in [0, 0.1) is 5.82 Å². The molecule has 2 amide bonds. The van der Waals surface area contributed by atoms with E-state index in [1.54, 1.807) is 19.2 Å². The van der Waals surface area contributed by atoms with Crippen LogP contribution < -0.4 is 5.32 Å². The summed E-state index contributed by atoms with van der Waals surface area (Å²) in [6.07, 6.45) is 1.90. The van der Waals surface area contributed by atoms with E-state index in [0.29, 0.717) is 0 Å². The average molecular weight is 396 g/mol. The van der Waals surface area contributed by atoms with Crippen molar-refractivity contribution in [1.82, 2.24) is 15.1 Å². The van der Waals surface area contributed by atoms with E-state index in [2.05, 4.69) is 37.6 Å². The number of carbonyl (C=O) groups is 2. The fraction of sp³-hybridized carbons (Fsp3) is 0.500. The highest BCUT2D eigenvalue weighted by Gasteiger charge is 2.41. The lowest BCUT2D eigenvalue weighted by Gasteiger charge is -2.39. The smallest absolute Gasteiger partial charge is 0.246 e. The number of halogens is 2. The summed E-state index contributed by atoms with van der Waals surface area (Å²) in [5.74, 6) is -1.05. The van der Waals surface area contributed by atoms with Crippen LogP contribution in [0.4, 0.5) is 4.39 Å². The third kappa shape index (κ3) is 5.08. The Kier molecular flexibility index (Phi) is 6.65. The van der Waals surface area contributed by atoms with Crippen molar-refractivity contribution in [2.45, 2.75) is 44.8 Å². The second-order valence-electron chi connectivity index (χ2n) is 7.84. The monoisotopic (exact) mass is 395 g/mol. The molecule has 0 saturated carbocycles. The summed E-state index contributed by atoms with van der Waals surface area (Å²) in [7, 11) is 1.55. The van der Waals surface area contributed by atoms with Gasteiger partial charge in [0.1, 0.15) is 5.82 Å². The van der Waals surface area contributed by atoms with Crippen LogP contribution in [-0.2, 0) is 9.59 Å². The molecule has 1 saturated heterocycles. The van der Waals surface area contributed by atoms with Gasteiger partial charge in [-0.05, 0) is 51.0 Å². The standard InChI is InChI=1S/C20H27ClFN3O2/c1-6-18(27)24(5)12-17(26)23-16-9-10-25(20(2,3)4)19(16)13-7-8-14(21)15(22)11-13/h6-8,11,16,19H,1,9-10,12H2,2-5H3,(H,23,26)/t16-,19+/m1/s1. The van der Waals surface area contributed by atoms with Gasteiger partial charge in [0.15, 0.2) is 0 Å². The molecule has 1 aliphatic rings. The molecule has 0 bridgehead atoms. The van der Waals surface area contributed by atoms with Gasteiger partial charge in [0.2, 0.25) is 11.8 Å². The largest absolute Gasteiger partial charge is 0.350 e. The number of nitrogens with zero attached hydrogens (tertiary/aromatic N) is 2. The summed E-state index contributed by atoms with van der Waals surface area (Å²) in [5.41, 5.74) is 0.612. The zero-order valence-electron chi connectivity index (χ0n) is 16.3. The molecule has 1 aromatic carbocycles. The molecule has 0 aromatic heterocycles. The molecule has 0 radical (unpaired) electrons.